The fraction of sp³-hybridized carbons (Fsp3) is 0.200. The number of amides is 4. The minimum Gasteiger partial charge on any atom is -0.483 e. The Morgan fingerprint density at radius 1 is 0.429 bits per heavy atom. The van der Waals surface area contributed by atoms with Gasteiger partial charge in [0.25, 0.3) is 23.6 Å². The molecule has 0 aliphatic carbocycles. The minimum absolute atomic E-state index is 0.116. The van der Waals surface area contributed by atoms with Crippen molar-refractivity contribution >= 4 is 78.9 Å². The normalized spacial score (nSPS) is 13.7. The molecule has 2 aliphatic rings. The number of hydrogen-bond acceptors (Lipinski definition) is 8. The van der Waals surface area contributed by atoms with Gasteiger partial charge in [0.1, 0.15) is 11.5 Å². The third-order valence-corrected chi connectivity index (χ3v) is 14.5. The molecule has 2 heterocycles. The van der Waals surface area contributed by atoms with Gasteiger partial charge in [-0.15, -0.1) is 0 Å². The maximum absolute atomic E-state index is 14.9. The summed E-state index contributed by atoms with van der Waals surface area (Å²) in [5, 5.41) is 4.19. The van der Waals surface area contributed by atoms with Crippen molar-refractivity contribution < 1.29 is 38.2 Å². The van der Waals surface area contributed by atoms with E-state index < -0.39 is 23.6 Å². The van der Waals surface area contributed by atoms with Crippen LogP contribution in [0.4, 0.5) is 11.4 Å². The molecule has 0 spiro atoms. The van der Waals surface area contributed by atoms with E-state index in [-0.39, 0.29) is 91.5 Å². The number of anilines is 2. The van der Waals surface area contributed by atoms with Gasteiger partial charge in [-0.05, 0) is 117 Å². The van der Waals surface area contributed by atoms with E-state index >= 15 is 0 Å². The number of carbonyl (C=O) groups is 6. The average Bonchev–Trinajstić information content (AvgIpc) is 3.38. The quantitative estimate of drug-likeness (QED) is 0.0779. The van der Waals surface area contributed by atoms with Crippen LogP contribution in [0, 0.1) is 0 Å². The van der Waals surface area contributed by atoms with Crippen LogP contribution in [0.2, 0.25) is 0 Å². The molecule has 0 saturated heterocycles. The molecule has 0 N–H and O–H groups in total. The van der Waals surface area contributed by atoms with Crippen molar-refractivity contribution in [3.05, 3.63) is 190 Å². The van der Waals surface area contributed by atoms with Crippen LogP contribution in [0.1, 0.15) is 128 Å². The van der Waals surface area contributed by atoms with Crippen molar-refractivity contribution in [3.8, 4) is 11.5 Å². The molecule has 0 aromatic heterocycles. The van der Waals surface area contributed by atoms with Crippen LogP contribution in [-0.4, -0.2) is 48.4 Å². The lowest BCUT2D eigenvalue weighted by atomic mass is 9.81. The number of Topliss-reactive ketones (excluding diaryl/α,β-unsaturated/α-hetero) is 2. The zero-order valence-electron chi connectivity index (χ0n) is 39.8. The molecule has 0 radical (unpaired) electrons. The van der Waals surface area contributed by atoms with Gasteiger partial charge in [0.15, 0.2) is 24.8 Å². The Balaban J connectivity index is 1.00. The van der Waals surface area contributed by atoms with Crippen molar-refractivity contribution in [2.75, 3.05) is 23.0 Å². The number of nitrogens with zero attached hydrogens (tertiary/aromatic N) is 2. The van der Waals surface area contributed by atoms with Gasteiger partial charge in [0.2, 0.25) is 0 Å². The lowest BCUT2D eigenvalue weighted by Crippen LogP contribution is -2.44. The Hall–Kier alpha value is -8.24. The second-order valence-electron chi connectivity index (χ2n) is 19.4. The number of imide groups is 2. The third-order valence-electron chi connectivity index (χ3n) is 14.5. The largest absolute Gasteiger partial charge is 0.483 e. The molecule has 0 atom stereocenters. The number of fused-ring (bicyclic) bond motifs is 2. The van der Waals surface area contributed by atoms with Crippen LogP contribution in [0.15, 0.2) is 146 Å². The summed E-state index contributed by atoms with van der Waals surface area (Å²) in [5.74, 6) is -2.97. The van der Waals surface area contributed by atoms with Gasteiger partial charge in [-0.25, -0.2) is 9.80 Å². The highest BCUT2D eigenvalue weighted by Gasteiger charge is 2.43. The molecule has 0 fully saturated rings. The minimum atomic E-state index is -0.679. The van der Waals surface area contributed by atoms with Gasteiger partial charge in [-0.2, -0.15) is 0 Å². The fourth-order valence-electron chi connectivity index (χ4n) is 9.37. The number of ether oxygens (including phenoxy) is 2. The third kappa shape index (κ3) is 7.69. The first-order valence-corrected chi connectivity index (χ1v) is 23.6. The smallest absolute Gasteiger partial charge is 0.266 e. The van der Waals surface area contributed by atoms with Crippen LogP contribution in [-0.2, 0) is 10.8 Å². The summed E-state index contributed by atoms with van der Waals surface area (Å²) in [6.45, 7) is 11.6. The highest BCUT2D eigenvalue weighted by Crippen LogP contribution is 2.45. The van der Waals surface area contributed by atoms with E-state index in [0.717, 1.165) is 55.3 Å². The molecule has 0 unspecified atom stereocenters. The molecule has 4 amide bonds. The summed E-state index contributed by atoms with van der Waals surface area (Å²) >= 11 is 0. The molecule has 10 nitrogen and oxygen atoms in total. The van der Waals surface area contributed by atoms with Crippen LogP contribution >= 0.6 is 0 Å². The predicted octanol–water partition coefficient (Wildman–Crippen LogP) is 12.6. The van der Waals surface area contributed by atoms with Crippen molar-refractivity contribution in [1.29, 1.82) is 0 Å². The van der Waals surface area contributed by atoms with Gasteiger partial charge >= 0.3 is 0 Å². The first kappa shape index (κ1) is 45.5. The number of rotatable bonds is 14. The van der Waals surface area contributed by atoms with E-state index in [1.165, 1.54) is 24.3 Å². The van der Waals surface area contributed by atoms with Crippen LogP contribution < -0.4 is 19.3 Å². The standard InChI is InChI=1S/C60H50N2O8/c1-7-59(3,4)41-21-27-51(69-33-49(63)39-19-17-35-13-9-11-15-37(35)29-39)47(31-41)61-55(65)43-23-25-45-54-46(26-24-44(53(43)54)56(61)66)58(68)62(57(45)67)48-32-42(60(5,6)8-2)22-28-52(48)70-34-50(64)40-20-18-36-14-10-12-16-38(36)30-40/h9-32H,7-8,33-34H2,1-6H3. The van der Waals surface area contributed by atoms with E-state index in [0.29, 0.717) is 11.1 Å². The summed E-state index contributed by atoms with van der Waals surface area (Å²) in [6.07, 6.45) is 1.50. The first-order chi connectivity index (χ1) is 33.6. The molecule has 8 aromatic rings. The predicted molar refractivity (Wildman–Crippen MR) is 273 cm³/mol. The molecular formula is C60H50N2O8. The molecule has 10 heteroatoms. The second kappa shape index (κ2) is 17.4. The Bertz CT molecular complexity index is 3260. The molecule has 0 bridgehead atoms. The van der Waals surface area contributed by atoms with E-state index in [9.17, 15) is 28.8 Å². The Morgan fingerprint density at radius 2 is 0.771 bits per heavy atom. The van der Waals surface area contributed by atoms with Gasteiger partial charge in [0, 0.05) is 44.2 Å². The summed E-state index contributed by atoms with van der Waals surface area (Å²) in [5.41, 5.74) is 2.69. The van der Waals surface area contributed by atoms with E-state index in [1.807, 2.05) is 98.8 Å². The lowest BCUT2D eigenvalue weighted by Gasteiger charge is -2.34. The topological polar surface area (TPSA) is 127 Å². The number of hydrogen-bond donors (Lipinski definition) is 0. The fourth-order valence-corrected chi connectivity index (χ4v) is 9.37. The molecule has 2 aliphatic heterocycles. The number of benzene rings is 8. The zero-order valence-corrected chi connectivity index (χ0v) is 39.8. The monoisotopic (exact) mass is 926 g/mol. The summed E-state index contributed by atoms with van der Waals surface area (Å²) in [6, 6.07) is 43.0. The number of ketones is 2. The van der Waals surface area contributed by atoms with Crippen LogP contribution in [0.5, 0.6) is 11.5 Å². The van der Waals surface area contributed by atoms with Crippen molar-refractivity contribution in [1.82, 2.24) is 0 Å². The SMILES string of the molecule is CCC(C)(C)c1ccc(OCC(=O)c2ccc3ccccc3c2)c(N2C(=O)c3ccc4c5c(ccc(c35)C2=O)C(=O)N(c2cc(C(C)(C)CC)ccc2OCC(=O)c2ccc3ccccc3c2)C4=O)c1. The van der Waals surface area contributed by atoms with Gasteiger partial charge in [-0.3, -0.25) is 28.8 Å². The molecular weight excluding hydrogens is 877 g/mol. The Labute approximate surface area is 405 Å². The van der Waals surface area contributed by atoms with Gasteiger partial charge < -0.3 is 9.47 Å². The van der Waals surface area contributed by atoms with Crippen molar-refractivity contribution in [2.24, 2.45) is 0 Å². The zero-order chi connectivity index (χ0) is 49.2. The molecule has 8 aromatic carbocycles. The van der Waals surface area contributed by atoms with Gasteiger partial charge in [-0.1, -0.05) is 126 Å². The highest BCUT2D eigenvalue weighted by molar-refractivity contribution is 6.42. The molecule has 10 rings (SSSR count). The van der Waals surface area contributed by atoms with Crippen molar-refractivity contribution in [3.63, 3.8) is 0 Å². The van der Waals surface area contributed by atoms with E-state index in [4.69, 9.17) is 9.47 Å². The highest BCUT2D eigenvalue weighted by atomic mass is 16.5. The summed E-state index contributed by atoms with van der Waals surface area (Å²) in [4.78, 5) is 89.0. The maximum Gasteiger partial charge on any atom is 0.266 e. The van der Waals surface area contributed by atoms with Crippen LogP contribution in [0.25, 0.3) is 32.3 Å². The maximum atomic E-state index is 14.9. The average molecular weight is 927 g/mol. The molecule has 0 saturated carbocycles. The second-order valence-corrected chi connectivity index (χ2v) is 19.4. The van der Waals surface area contributed by atoms with Gasteiger partial charge in [0.05, 0.1) is 11.4 Å². The molecule has 70 heavy (non-hydrogen) atoms. The van der Waals surface area contributed by atoms with E-state index in [2.05, 4.69) is 27.7 Å². The Morgan fingerprint density at radius 3 is 1.11 bits per heavy atom. The first-order valence-electron chi connectivity index (χ1n) is 23.6. The summed E-state index contributed by atoms with van der Waals surface area (Å²) in [7, 11) is 0. The van der Waals surface area contributed by atoms with Crippen LogP contribution in [0.3, 0.4) is 0 Å². The molecule has 348 valence electrons. The van der Waals surface area contributed by atoms with E-state index in [1.54, 1.807) is 36.4 Å². The summed E-state index contributed by atoms with van der Waals surface area (Å²) < 4.78 is 12.4. The number of carbonyl (C=O) groups excluding carboxylic acids is 6. The van der Waals surface area contributed by atoms with Crippen molar-refractivity contribution in [2.45, 2.75) is 65.2 Å². The lowest BCUT2D eigenvalue weighted by molar-refractivity contribution is 0.0869. The Kier molecular flexibility index (Phi) is 11.3.